The molecular weight excluding hydrogens is 164 g/mol. The minimum absolute atomic E-state index is 0.00213. The van der Waals surface area contributed by atoms with E-state index in [0.717, 1.165) is 0 Å². The van der Waals surface area contributed by atoms with Crippen LogP contribution in [0.2, 0.25) is 0 Å². The van der Waals surface area contributed by atoms with Gasteiger partial charge in [-0.2, -0.15) is 0 Å². The van der Waals surface area contributed by atoms with Crippen LogP contribution < -0.4 is 0 Å². The predicted molar refractivity (Wildman–Crippen MR) is 46.9 cm³/mol. The van der Waals surface area contributed by atoms with Crippen molar-refractivity contribution in [2.24, 2.45) is 23.7 Å². The Morgan fingerprint density at radius 2 is 2.00 bits per heavy atom. The van der Waals surface area contributed by atoms with Gasteiger partial charge in [-0.1, -0.05) is 18.2 Å². The van der Waals surface area contributed by atoms with E-state index in [2.05, 4.69) is 6.08 Å². The van der Waals surface area contributed by atoms with Gasteiger partial charge in [-0.15, -0.1) is 0 Å². The van der Waals surface area contributed by atoms with E-state index in [1.54, 1.807) is 6.08 Å². The van der Waals surface area contributed by atoms with Crippen LogP contribution in [0.4, 0.5) is 0 Å². The van der Waals surface area contributed by atoms with E-state index in [1.165, 1.54) is 0 Å². The summed E-state index contributed by atoms with van der Waals surface area (Å²) in [5, 5.41) is 0. The number of hydrogen-bond acceptors (Lipinski definition) is 2. The van der Waals surface area contributed by atoms with E-state index < -0.39 is 0 Å². The Balaban J connectivity index is 2.09. The number of ketones is 2. The third kappa shape index (κ3) is 0.781. The number of carbonyl (C=O) groups is 2. The average molecular weight is 174 g/mol. The zero-order valence-electron chi connectivity index (χ0n) is 7.14. The zero-order chi connectivity index (χ0) is 9.00. The lowest BCUT2D eigenvalue weighted by atomic mass is 9.63. The molecule has 0 radical (unpaired) electrons. The lowest BCUT2D eigenvalue weighted by molar-refractivity contribution is -0.131. The molecule has 0 aromatic carbocycles. The van der Waals surface area contributed by atoms with Crippen LogP contribution >= 0.6 is 0 Å². The molecule has 0 aromatic rings. The predicted octanol–water partition coefficient (Wildman–Crippen LogP) is 1.13. The lowest BCUT2D eigenvalue weighted by Crippen LogP contribution is -2.42. The molecule has 0 heterocycles. The van der Waals surface area contributed by atoms with Gasteiger partial charge < -0.3 is 0 Å². The number of rotatable bonds is 0. The third-order valence-electron chi connectivity index (χ3n) is 3.48. The van der Waals surface area contributed by atoms with Gasteiger partial charge in [0.05, 0.1) is 0 Å². The molecule has 13 heavy (non-hydrogen) atoms. The minimum atomic E-state index is -0.00213. The standard InChI is InChI=1S/C11H10O2/c12-9-4-3-8-7-2-1-6(11(8)9)5-10(7)13/h1-4,6-8,11H,5H2/t6-,7-,8+,11-/m0/s1. The summed E-state index contributed by atoms with van der Waals surface area (Å²) in [5.41, 5.74) is 0. The second kappa shape index (κ2) is 2.19. The Morgan fingerprint density at radius 1 is 1.15 bits per heavy atom. The normalized spacial score (nSPS) is 45.8. The van der Waals surface area contributed by atoms with E-state index in [9.17, 15) is 9.59 Å². The van der Waals surface area contributed by atoms with Gasteiger partial charge in [0.15, 0.2) is 5.78 Å². The highest BCUT2D eigenvalue weighted by atomic mass is 16.1. The maximum atomic E-state index is 11.5. The van der Waals surface area contributed by atoms with Crippen molar-refractivity contribution in [2.45, 2.75) is 6.42 Å². The van der Waals surface area contributed by atoms with Crippen molar-refractivity contribution in [2.75, 3.05) is 0 Å². The van der Waals surface area contributed by atoms with Gasteiger partial charge in [0.2, 0.25) is 0 Å². The summed E-state index contributed by atoms with van der Waals surface area (Å²) < 4.78 is 0. The molecule has 0 aromatic heterocycles. The van der Waals surface area contributed by atoms with Crippen molar-refractivity contribution >= 4 is 11.6 Å². The fourth-order valence-corrected chi connectivity index (χ4v) is 2.86. The molecule has 4 rings (SSSR count). The number of fused-ring (bicyclic) bond motifs is 1. The molecule has 2 heteroatoms. The number of Topliss-reactive ketones (excluding diaryl/α,β-unsaturated/α-hetero) is 1. The number of carbonyl (C=O) groups excluding carboxylic acids is 2. The molecule has 2 bridgehead atoms. The van der Waals surface area contributed by atoms with Gasteiger partial charge in [0.25, 0.3) is 0 Å². The summed E-state index contributed by atoms with van der Waals surface area (Å²) in [6.07, 6.45) is 8.20. The van der Waals surface area contributed by atoms with Crippen molar-refractivity contribution in [1.82, 2.24) is 0 Å². The van der Waals surface area contributed by atoms with Gasteiger partial charge >= 0.3 is 0 Å². The second-order valence-corrected chi connectivity index (χ2v) is 4.11. The summed E-state index contributed by atoms with van der Waals surface area (Å²) in [6.45, 7) is 0. The summed E-state index contributed by atoms with van der Waals surface area (Å²) in [5.74, 6) is 0.990. The van der Waals surface area contributed by atoms with Gasteiger partial charge in [0.1, 0.15) is 5.78 Å². The first-order chi connectivity index (χ1) is 6.27. The summed E-state index contributed by atoms with van der Waals surface area (Å²) in [7, 11) is 0. The molecule has 66 valence electrons. The van der Waals surface area contributed by atoms with E-state index >= 15 is 0 Å². The lowest BCUT2D eigenvalue weighted by Gasteiger charge is -2.38. The topological polar surface area (TPSA) is 34.1 Å². The van der Waals surface area contributed by atoms with E-state index in [0.29, 0.717) is 12.2 Å². The molecular formula is C11H10O2. The van der Waals surface area contributed by atoms with Crippen molar-refractivity contribution in [3.8, 4) is 0 Å². The van der Waals surface area contributed by atoms with Gasteiger partial charge in [-0.25, -0.2) is 0 Å². The Hall–Kier alpha value is -1.18. The molecule has 4 aliphatic rings. The SMILES string of the molecule is O=C1C=C[C@H]2[C@@H]1[C@H]1C=C[C@@H]2C(=O)C1. The minimum Gasteiger partial charge on any atom is -0.299 e. The van der Waals surface area contributed by atoms with Crippen LogP contribution in [0.5, 0.6) is 0 Å². The molecule has 2 nitrogen and oxygen atoms in total. The Kier molecular flexibility index (Phi) is 1.22. The fraction of sp³-hybridized carbons (Fsp3) is 0.455. The first-order valence-electron chi connectivity index (χ1n) is 4.70. The summed E-state index contributed by atoms with van der Waals surface area (Å²) >= 11 is 0. The fourth-order valence-electron chi connectivity index (χ4n) is 2.86. The zero-order valence-corrected chi connectivity index (χ0v) is 7.14. The first-order valence-corrected chi connectivity index (χ1v) is 4.70. The molecule has 0 aliphatic heterocycles. The van der Waals surface area contributed by atoms with Crippen molar-refractivity contribution in [3.63, 3.8) is 0 Å². The molecule has 0 unspecified atom stereocenters. The third-order valence-corrected chi connectivity index (χ3v) is 3.48. The maximum absolute atomic E-state index is 11.5. The van der Waals surface area contributed by atoms with E-state index in [-0.39, 0.29) is 29.5 Å². The highest BCUT2D eigenvalue weighted by Crippen LogP contribution is 2.46. The smallest absolute Gasteiger partial charge is 0.159 e. The van der Waals surface area contributed by atoms with Crippen molar-refractivity contribution in [1.29, 1.82) is 0 Å². The monoisotopic (exact) mass is 174 g/mol. The van der Waals surface area contributed by atoms with Gasteiger partial charge in [0, 0.05) is 24.2 Å². The van der Waals surface area contributed by atoms with Crippen molar-refractivity contribution in [3.05, 3.63) is 24.3 Å². The van der Waals surface area contributed by atoms with Crippen LogP contribution in [0, 0.1) is 23.7 Å². The van der Waals surface area contributed by atoms with Crippen LogP contribution in [0.1, 0.15) is 6.42 Å². The molecule has 0 spiro atoms. The van der Waals surface area contributed by atoms with Crippen molar-refractivity contribution < 1.29 is 9.59 Å². The Bertz CT molecular complexity index is 351. The summed E-state index contributed by atoms with van der Waals surface area (Å²) in [4.78, 5) is 23.0. The van der Waals surface area contributed by atoms with E-state index in [1.807, 2.05) is 12.2 Å². The first kappa shape index (κ1) is 7.25. The summed E-state index contributed by atoms with van der Waals surface area (Å²) in [6, 6.07) is 0. The number of allylic oxidation sites excluding steroid dienone is 4. The molecule has 1 fully saturated rings. The van der Waals surface area contributed by atoms with Gasteiger partial charge in [-0.05, 0) is 12.0 Å². The van der Waals surface area contributed by atoms with Gasteiger partial charge in [-0.3, -0.25) is 9.59 Å². The average Bonchev–Trinajstić information content (AvgIpc) is 2.50. The van der Waals surface area contributed by atoms with E-state index in [4.69, 9.17) is 0 Å². The van der Waals surface area contributed by atoms with Crippen LogP contribution in [0.25, 0.3) is 0 Å². The molecule has 1 saturated carbocycles. The molecule has 0 amide bonds. The highest BCUT2D eigenvalue weighted by Gasteiger charge is 2.48. The van der Waals surface area contributed by atoms with Crippen LogP contribution in [-0.4, -0.2) is 11.6 Å². The molecule has 0 saturated heterocycles. The molecule has 0 N–H and O–H groups in total. The molecule has 4 aliphatic carbocycles. The Morgan fingerprint density at radius 3 is 2.77 bits per heavy atom. The van der Waals surface area contributed by atoms with Crippen LogP contribution in [0.3, 0.4) is 0 Å². The Labute approximate surface area is 76.3 Å². The largest absolute Gasteiger partial charge is 0.299 e. The maximum Gasteiger partial charge on any atom is 0.159 e. The van der Waals surface area contributed by atoms with Crippen LogP contribution in [-0.2, 0) is 9.59 Å². The number of hydrogen-bond donors (Lipinski definition) is 0. The molecule has 4 atom stereocenters. The highest BCUT2D eigenvalue weighted by molar-refractivity contribution is 5.99. The van der Waals surface area contributed by atoms with Crippen LogP contribution in [0.15, 0.2) is 24.3 Å². The second-order valence-electron chi connectivity index (χ2n) is 4.11. The quantitative estimate of drug-likeness (QED) is 0.516.